The molecule has 9 heteroatoms. The van der Waals surface area contributed by atoms with Crippen LogP contribution in [0, 0.1) is 6.92 Å². The highest BCUT2D eigenvalue weighted by Crippen LogP contribution is 2.41. The molecule has 4 rings (SSSR count). The van der Waals surface area contributed by atoms with Crippen LogP contribution in [0.4, 0.5) is 11.8 Å². The Morgan fingerprint density at radius 1 is 1.18 bits per heavy atom. The van der Waals surface area contributed by atoms with Crippen molar-refractivity contribution in [2.75, 3.05) is 55.8 Å². The molecule has 0 radical (unpaired) electrons. The van der Waals surface area contributed by atoms with E-state index in [2.05, 4.69) is 52.6 Å². The molecule has 0 saturated carbocycles. The van der Waals surface area contributed by atoms with Crippen molar-refractivity contribution in [3.8, 4) is 0 Å². The Bertz CT molecular complexity index is 993. The lowest BCUT2D eigenvalue weighted by atomic mass is 10.1. The largest absolute Gasteiger partial charge is 0.351 e. The lowest BCUT2D eigenvalue weighted by Gasteiger charge is -2.31. The number of benzene rings is 1. The van der Waals surface area contributed by atoms with Gasteiger partial charge in [0.25, 0.3) is 0 Å². The first-order valence-electron chi connectivity index (χ1n) is 12.1. The molecule has 184 valence electrons. The van der Waals surface area contributed by atoms with E-state index in [1.807, 2.05) is 18.9 Å². The van der Waals surface area contributed by atoms with Crippen LogP contribution in [0.5, 0.6) is 0 Å². The third-order valence-corrected chi connectivity index (χ3v) is 6.33. The molecule has 1 N–H and O–H groups in total. The van der Waals surface area contributed by atoms with E-state index in [1.165, 1.54) is 16.1 Å². The van der Waals surface area contributed by atoms with Crippen LogP contribution in [0.25, 0.3) is 5.70 Å². The summed E-state index contributed by atoms with van der Waals surface area (Å²) >= 11 is 0. The minimum Gasteiger partial charge on any atom is -0.351 e. The van der Waals surface area contributed by atoms with E-state index >= 15 is 0 Å². The van der Waals surface area contributed by atoms with Crippen molar-refractivity contribution in [2.45, 2.75) is 40.0 Å². The molecule has 0 unspecified atom stereocenters. The fourth-order valence-corrected chi connectivity index (χ4v) is 4.61. The third-order valence-electron chi connectivity index (χ3n) is 6.33. The van der Waals surface area contributed by atoms with Crippen LogP contribution >= 0.6 is 0 Å². The molecule has 1 saturated heterocycles. The number of fused-ring (bicyclic) bond motifs is 1. The predicted octanol–water partition coefficient (Wildman–Crippen LogP) is 2.60. The number of aromatic nitrogens is 2. The van der Waals surface area contributed by atoms with Gasteiger partial charge in [0.2, 0.25) is 12.4 Å². The second kappa shape index (κ2) is 11.0. The summed E-state index contributed by atoms with van der Waals surface area (Å²) in [6.07, 6.45) is 1.36. The normalized spacial score (nSPS) is 16.4. The monoisotopic (exact) mass is 468 g/mol. The molecule has 1 amide bonds. The summed E-state index contributed by atoms with van der Waals surface area (Å²) in [6.45, 7) is 16.0. The zero-order valence-electron chi connectivity index (χ0n) is 20.5. The fraction of sp³-hybridized carbons (Fsp3) is 0.520. The van der Waals surface area contributed by atoms with E-state index < -0.39 is 6.29 Å². The SMILES string of the molecule is C=C1c2c(nc(N3CCCNCC3)n2Cc2ccccc2C)N(C=O)N1CC(OCC)OCC. The van der Waals surface area contributed by atoms with Gasteiger partial charge in [0, 0.05) is 32.8 Å². The highest BCUT2D eigenvalue weighted by Gasteiger charge is 2.39. The first-order valence-corrected chi connectivity index (χ1v) is 12.1. The van der Waals surface area contributed by atoms with Crippen molar-refractivity contribution in [1.82, 2.24) is 19.9 Å². The van der Waals surface area contributed by atoms with E-state index in [4.69, 9.17) is 14.5 Å². The summed E-state index contributed by atoms with van der Waals surface area (Å²) in [4.78, 5) is 19.6. The lowest BCUT2D eigenvalue weighted by Crippen LogP contribution is -2.43. The minimum absolute atomic E-state index is 0.350. The number of hydrogen-bond donors (Lipinski definition) is 1. The second-order valence-corrected chi connectivity index (χ2v) is 8.51. The minimum atomic E-state index is -0.473. The summed E-state index contributed by atoms with van der Waals surface area (Å²) < 4.78 is 13.7. The number of nitrogens with one attached hydrogen (secondary N) is 1. The van der Waals surface area contributed by atoms with Gasteiger partial charge in [0.1, 0.15) is 5.69 Å². The smallest absolute Gasteiger partial charge is 0.234 e. The standard InChI is InChI=1S/C25H36N6O3/c1-5-33-22(34-6-2)17-30-20(4)23-24(31(30)18-32)27-25(28-14-9-12-26-13-15-28)29(23)16-21-11-8-7-10-19(21)3/h7-8,10-11,18,22,26H,4-6,9,12-17H2,1-3H3. The zero-order chi connectivity index (χ0) is 24.1. The van der Waals surface area contributed by atoms with Gasteiger partial charge in [-0.2, -0.15) is 4.98 Å². The second-order valence-electron chi connectivity index (χ2n) is 8.51. The highest BCUT2D eigenvalue weighted by molar-refractivity contribution is 5.88. The molecule has 2 aromatic rings. The third kappa shape index (κ3) is 4.82. The molecule has 9 nitrogen and oxygen atoms in total. The van der Waals surface area contributed by atoms with Crippen molar-refractivity contribution >= 4 is 23.9 Å². The molecule has 2 aliphatic rings. The molecule has 1 aromatic carbocycles. The summed E-state index contributed by atoms with van der Waals surface area (Å²) in [5.41, 5.74) is 4.00. The number of imidazole rings is 1. The molecule has 0 aliphatic carbocycles. The number of amides is 1. The number of hydrogen-bond acceptors (Lipinski definition) is 7. The van der Waals surface area contributed by atoms with Gasteiger partial charge < -0.3 is 24.3 Å². The summed E-state index contributed by atoms with van der Waals surface area (Å²) in [5.74, 6) is 1.48. The van der Waals surface area contributed by atoms with E-state index in [1.54, 1.807) is 0 Å². The lowest BCUT2D eigenvalue weighted by molar-refractivity contribution is -0.143. The Morgan fingerprint density at radius 3 is 2.65 bits per heavy atom. The van der Waals surface area contributed by atoms with Crippen LogP contribution < -0.4 is 15.2 Å². The van der Waals surface area contributed by atoms with Crippen molar-refractivity contribution in [1.29, 1.82) is 0 Å². The number of anilines is 2. The van der Waals surface area contributed by atoms with Crippen LogP contribution in [-0.2, 0) is 20.8 Å². The number of hydrazine groups is 1. The van der Waals surface area contributed by atoms with Gasteiger partial charge >= 0.3 is 0 Å². The Kier molecular flexibility index (Phi) is 7.87. The van der Waals surface area contributed by atoms with E-state index in [0.717, 1.165) is 50.7 Å². The summed E-state index contributed by atoms with van der Waals surface area (Å²) in [7, 11) is 0. The molecule has 2 aliphatic heterocycles. The van der Waals surface area contributed by atoms with Crippen LogP contribution in [-0.4, -0.2) is 73.2 Å². The molecular weight excluding hydrogens is 432 g/mol. The Hall–Kier alpha value is -2.88. The van der Waals surface area contributed by atoms with Crippen molar-refractivity contribution < 1.29 is 14.3 Å². The fourth-order valence-electron chi connectivity index (χ4n) is 4.61. The molecule has 3 heterocycles. The van der Waals surface area contributed by atoms with Gasteiger partial charge in [-0.25, -0.2) is 5.01 Å². The number of rotatable bonds is 10. The summed E-state index contributed by atoms with van der Waals surface area (Å²) in [5, 5.41) is 6.80. The number of carbonyl (C=O) groups is 1. The first kappa shape index (κ1) is 24.3. The quantitative estimate of drug-likeness (QED) is 0.424. The molecule has 0 bridgehead atoms. The van der Waals surface area contributed by atoms with Crippen molar-refractivity contribution in [3.63, 3.8) is 0 Å². The van der Waals surface area contributed by atoms with Gasteiger partial charge in [-0.05, 0) is 44.9 Å². The van der Waals surface area contributed by atoms with Gasteiger partial charge in [-0.1, -0.05) is 30.8 Å². The Morgan fingerprint density at radius 2 is 1.94 bits per heavy atom. The number of ether oxygens (including phenoxy) is 2. The number of nitrogens with zero attached hydrogens (tertiary/aromatic N) is 5. The molecule has 1 fully saturated rings. The van der Waals surface area contributed by atoms with Gasteiger partial charge in [0.15, 0.2) is 12.1 Å². The van der Waals surface area contributed by atoms with E-state index in [0.29, 0.717) is 37.8 Å². The predicted molar refractivity (Wildman–Crippen MR) is 134 cm³/mol. The van der Waals surface area contributed by atoms with Gasteiger partial charge in [-0.3, -0.25) is 9.80 Å². The molecule has 1 aromatic heterocycles. The molecular formula is C25H36N6O3. The van der Waals surface area contributed by atoms with Crippen LogP contribution in [0.2, 0.25) is 0 Å². The number of aryl methyl sites for hydroxylation is 1. The average Bonchev–Trinajstić information content (AvgIpc) is 3.15. The van der Waals surface area contributed by atoms with Crippen LogP contribution in [0.15, 0.2) is 30.8 Å². The maximum absolute atomic E-state index is 12.3. The molecule has 0 atom stereocenters. The molecule has 34 heavy (non-hydrogen) atoms. The Labute approximate surface area is 201 Å². The topological polar surface area (TPSA) is 75.1 Å². The summed E-state index contributed by atoms with van der Waals surface area (Å²) in [6, 6.07) is 8.37. The molecule has 0 spiro atoms. The maximum atomic E-state index is 12.3. The highest BCUT2D eigenvalue weighted by atomic mass is 16.7. The van der Waals surface area contributed by atoms with Crippen molar-refractivity contribution in [3.05, 3.63) is 47.7 Å². The maximum Gasteiger partial charge on any atom is 0.234 e. The van der Waals surface area contributed by atoms with Gasteiger partial charge in [-0.15, -0.1) is 0 Å². The Balaban J connectivity index is 1.74. The van der Waals surface area contributed by atoms with E-state index in [9.17, 15) is 4.79 Å². The average molecular weight is 469 g/mol. The van der Waals surface area contributed by atoms with Crippen molar-refractivity contribution in [2.24, 2.45) is 0 Å². The van der Waals surface area contributed by atoms with Crippen LogP contribution in [0.1, 0.15) is 37.1 Å². The zero-order valence-corrected chi connectivity index (χ0v) is 20.5. The van der Waals surface area contributed by atoms with Crippen LogP contribution in [0.3, 0.4) is 0 Å². The number of carbonyl (C=O) groups excluding carboxylic acids is 1. The van der Waals surface area contributed by atoms with Gasteiger partial charge in [0.05, 0.1) is 18.8 Å². The first-order chi connectivity index (χ1) is 16.6. The van der Waals surface area contributed by atoms with E-state index in [-0.39, 0.29) is 0 Å².